The summed E-state index contributed by atoms with van der Waals surface area (Å²) in [5.74, 6) is 2.02. The molecule has 0 bridgehead atoms. The minimum Gasteiger partial charge on any atom is -0.460 e. The number of para-hydroxylation sites is 1. The highest BCUT2D eigenvalue weighted by Gasteiger charge is 2.23. The Morgan fingerprint density at radius 2 is 2.18 bits per heavy atom. The fraction of sp³-hybridized carbons (Fsp3) is 0.467. The standard InChI is InChI=1S/C15H19NO/c1-11(8-12-6-7-12)16-10-14-9-13-4-2-3-5-15(13)17-14/h2-5,9,11-12,16H,6-8,10H2,1H3. The Kier molecular flexibility index (Phi) is 2.89. The molecule has 1 aromatic carbocycles. The summed E-state index contributed by atoms with van der Waals surface area (Å²) in [5, 5.41) is 4.73. The number of fused-ring (bicyclic) bond motifs is 1. The minimum atomic E-state index is 0.593. The molecule has 1 atom stereocenters. The molecule has 1 fully saturated rings. The summed E-state index contributed by atoms with van der Waals surface area (Å²) in [7, 11) is 0. The molecule has 17 heavy (non-hydrogen) atoms. The van der Waals surface area contributed by atoms with Crippen molar-refractivity contribution in [3.63, 3.8) is 0 Å². The number of furan rings is 1. The van der Waals surface area contributed by atoms with E-state index in [4.69, 9.17) is 4.42 Å². The quantitative estimate of drug-likeness (QED) is 0.845. The minimum absolute atomic E-state index is 0.593. The lowest BCUT2D eigenvalue weighted by atomic mass is 10.1. The average molecular weight is 229 g/mol. The topological polar surface area (TPSA) is 25.2 Å². The Morgan fingerprint density at radius 3 is 2.94 bits per heavy atom. The fourth-order valence-electron chi connectivity index (χ4n) is 2.34. The van der Waals surface area contributed by atoms with E-state index in [1.165, 1.54) is 24.6 Å². The van der Waals surface area contributed by atoms with E-state index in [1.54, 1.807) is 0 Å². The Morgan fingerprint density at radius 1 is 1.35 bits per heavy atom. The number of nitrogens with one attached hydrogen (secondary N) is 1. The van der Waals surface area contributed by atoms with E-state index in [0.717, 1.165) is 23.8 Å². The van der Waals surface area contributed by atoms with Gasteiger partial charge in [0.15, 0.2) is 0 Å². The van der Waals surface area contributed by atoms with Crippen molar-refractivity contribution in [1.82, 2.24) is 5.32 Å². The van der Waals surface area contributed by atoms with Gasteiger partial charge in [-0.15, -0.1) is 0 Å². The zero-order valence-electron chi connectivity index (χ0n) is 10.3. The molecule has 1 aliphatic carbocycles. The molecule has 2 aromatic rings. The van der Waals surface area contributed by atoms with E-state index in [0.29, 0.717) is 6.04 Å². The molecule has 0 spiro atoms. The normalized spacial score (nSPS) is 17.5. The molecule has 1 aromatic heterocycles. The van der Waals surface area contributed by atoms with E-state index in [1.807, 2.05) is 18.2 Å². The maximum Gasteiger partial charge on any atom is 0.134 e. The summed E-state index contributed by atoms with van der Waals surface area (Å²) in [6, 6.07) is 10.9. The predicted molar refractivity (Wildman–Crippen MR) is 69.9 cm³/mol. The first-order valence-corrected chi connectivity index (χ1v) is 6.52. The highest BCUT2D eigenvalue weighted by atomic mass is 16.3. The van der Waals surface area contributed by atoms with Crippen molar-refractivity contribution in [3.05, 3.63) is 36.1 Å². The third-order valence-electron chi connectivity index (χ3n) is 3.49. The molecule has 0 saturated heterocycles. The van der Waals surface area contributed by atoms with E-state index >= 15 is 0 Å². The molecule has 1 aliphatic rings. The molecule has 1 heterocycles. The van der Waals surface area contributed by atoms with Crippen LogP contribution in [0.2, 0.25) is 0 Å². The van der Waals surface area contributed by atoms with E-state index < -0.39 is 0 Å². The van der Waals surface area contributed by atoms with Crippen LogP contribution in [0, 0.1) is 5.92 Å². The summed E-state index contributed by atoms with van der Waals surface area (Å²) in [4.78, 5) is 0. The molecule has 2 heteroatoms. The van der Waals surface area contributed by atoms with Crippen LogP contribution in [0.5, 0.6) is 0 Å². The second kappa shape index (κ2) is 4.53. The Balaban J connectivity index is 1.60. The Hall–Kier alpha value is -1.28. The van der Waals surface area contributed by atoms with Crippen LogP contribution >= 0.6 is 0 Å². The highest BCUT2D eigenvalue weighted by Crippen LogP contribution is 2.33. The first-order valence-electron chi connectivity index (χ1n) is 6.52. The second-order valence-corrected chi connectivity index (χ2v) is 5.21. The second-order valence-electron chi connectivity index (χ2n) is 5.21. The monoisotopic (exact) mass is 229 g/mol. The third kappa shape index (κ3) is 2.70. The van der Waals surface area contributed by atoms with Gasteiger partial charge in [0.25, 0.3) is 0 Å². The molecule has 3 rings (SSSR count). The molecular formula is C15H19NO. The van der Waals surface area contributed by atoms with Gasteiger partial charge in [0.2, 0.25) is 0 Å². The van der Waals surface area contributed by atoms with Gasteiger partial charge in [0.1, 0.15) is 11.3 Å². The van der Waals surface area contributed by atoms with Gasteiger partial charge in [-0.2, -0.15) is 0 Å². The smallest absolute Gasteiger partial charge is 0.134 e. The summed E-state index contributed by atoms with van der Waals surface area (Å²) >= 11 is 0. The van der Waals surface area contributed by atoms with Gasteiger partial charge < -0.3 is 9.73 Å². The highest BCUT2D eigenvalue weighted by molar-refractivity contribution is 5.77. The molecule has 1 saturated carbocycles. The lowest BCUT2D eigenvalue weighted by molar-refractivity contribution is 0.445. The van der Waals surface area contributed by atoms with Gasteiger partial charge in [0.05, 0.1) is 6.54 Å². The van der Waals surface area contributed by atoms with Crippen molar-refractivity contribution in [2.45, 2.75) is 38.8 Å². The zero-order valence-corrected chi connectivity index (χ0v) is 10.3. The zero-order chi connectivity index (χ0) is 11.7. The van der Waals surface area contributed by atoms with Crippen molar-refractivity contribution in [1.29, 1.82) is 0 Å². The number of benzene rings is 1. The summed E-state index contributed by atoms with van der Waals surface area (Å²) in [6.45, 7) is 3.10. The summed E-state index contributed by atoms with van der Waals surface area (Å²) < 4.78 is 5.78. The number of hydrogen-bond acceptors (Lipinski definition) is 2. The van der Waals surface area contributed by atoms with Crippen LogP contribution in [-0.4, -0.2) is 6.04 Å². The predicted octanol–water partition coefficient (Wildman–Crippen LogP) is 3.71. The largest absolute Gasteiger partial charge is 0.460 e. The van der Waals surface area contributed by atoms with Gasteiger partial charge >= 0.3 is 0 Å². The average Bonchev–Trinajstić information content (AvgIpc) is 3.03. The molecule has 0 aliphatic heterocycles. The SMILES string of the molecule is CC(CC1CC1)NCc1cc2ccccc2o1. The first kappa shape index (κ1) is 10.8. The van der Waals surface area contributed by atoms with Gasteiger partial charge in [-0.05, 0) is 31.4 Å². The Labute approximate surface area is 102 Å². The van der Waals surface area contributed by atoms with Crippen LogP contribution in [-0.2, 0) is 6.54 Å². The van der Waals surface area contributed by atoms with Crippen LogP contribution in [0.25, 0.3) is 11.0 Å². The van der Waals surface area contributed by atoms with Gasteiger partial charge in [-0.3, -0.25) is 0 Å². The van der Waals surface area contributed by atoms with Gasteiger partial charge in [-0.1, -0.05) is 31.0 Å². The van der Waals surface area contributed by atoms with Crippen LogP contribution < -0.4 is 5.32 Å². The molecular weight excluding hydrogens is 210 g/mol. The van der Waals surface area contributed by atoms with E-state index in [-0.39, 0.29) is 0 Å². The van der Waals surface area contributed by atoms with E-state index in [9.17, 15) is 0 Å². The van der Waals surface area contributed by atoms with Crippen LogP contribution in [0.1, 0.15) is 31.9 Å². The van der Waals surface area contributed by atoms with Crippen molar-refractivity contribution in [2.75, 3.05) is 0 Å². The first-order chi connectivity index (χ1) is 8.31. The van der Waals surface area contributed by atoms with Crippen LogP contribution in [0.3, 0.4) is 0 Å². The third-order valence-corrected chi connectivity index (χ3v) is 3.49. The molecule has 2 nitrogen and oxygen atoms in total. The van der Waals surface area contributed by atoms with Crippen LogP contribution in [0.4, 0.5) is 0 Å². The molecule has 1 N–H and O–H groups in total. The van der Waals surface area contributed by atoms with Crippen LogP contribution in [0.15, 0.2) is 34.7 Å². The van der Waals surface area contributed by atoms with E-state index in [2.05, 4.69) is 24.4 Å². The summed E-state index contributed by atoms with van der Waals surface area (Å²) in [6.07, 6.45) is 4.16. The van der Waals surface area contributed by atoms with Crippen molar-refractivity contribution in [3.8, 4) is 0 Å². The maximum absolute atomic E-state index is 5.78. The maximum atomic E-state index is 5.78. The number of hydrogen-bond donors (Lipinski definition) is 1. The van der Waals surface area contributed by atoms with Crippen molar-refractivity contribution < 1.29 is 4.42 Å². The van der Waals surface area contributed by atoms with Gasteiger partial charge in [-0.25, -0.2) is 0 Å². The molecule has 1 unspecified atom stereocenters. The molecule has 90 valence electrons. The van der Waals surface area contributed by atoms with Gasteiger partial charge in [0, 0.05) is 11.4 Å². The lowest BCUT2D eigenvalue weighted by Gasteiger charge is -2.11. The summed E-state index contributed by atoms with van der Waals surface area (Å²) in [5.41, 5.74) is 0.985. The van der Waals surface area contributed by atoms with Crippen molar-refractivity contribution in [2.24, 2.45) is 5.92 Å². The fourth-order valence-corrected chi connectivity index (χ4v) is 2.34. The lowest BCUT2D eigenvalue weighted by Crippen LogP contribution is -2.25. The number of rotatable bonds is 5. The van der Waals surface area contributed by atoms with Crippen molar-refractivity contribution >= 4 is 11.0 Å². The molecule has 0 radical (unpaired) electrons. The Bertz CT molecular complexity index is 465. The molecule has 0 amide bonds.